The van der Waals surface area contributed by atoms with Crippen molar-refractivity contribution in [3.63, 3.8) is 0 Å². The minimum absolute atomic E-state index is 0.169. The summed E-state index contributed by atoms with van der Waals surface area (Å²) in [7, 11) is 0. The van der Waals surface area contributed by atoms with Crippen LogP contribution >= 0.6 is 11.3 Å². The van der Waals surface area contributed by atoms with Crippen LogP contribution in [-0.4, -0.2) is 41.4 Å². The van der Waals surface area contributed by atoms with Crippen LogP contribution in [0.3, 0.4) is 0 Å². The van der Waals surface area contributed by atoms with E-state index >= 15 is 0 Å². The minimum atomic E-state index is -0.631. The SMILES string of the molecule is O=C(NC1CCN2C(=O)N(c3cccc(F)c3)C(=O)C2C1)c1cccs1. The second-order valence-corrected chi connectivity index (χ2v) is 7.27. The number of imide groups is 1. The Bertz CT molecular complexity index is 870. The number of anilines is 1. The third-order valence-corrected chi connectivity index (χ3v) is 5.56. The molecule has 8 heteroatoms. The number of rotatable bonds is 3. The van der Waals surface area contributed by atoms with Gasteiger partial charge in [-0.15, -0.1) is 11.3 Å². The Morgan fingerprint density at radius 1 is 1.23 bits per heavy atom. The van der Waals surface area contributed by atoms with Gasteiger partial charge in [0.15, 0.2) is 0 Å². The van der Waals surface area contributed by atoms with E-state index in [9.17, 15) is 18.8 Å². The molecule has 2 aromatic rings. The average molecular weight is 373 g/mol. The van der Waals surface area contributed by atoms with E-state index in [1.807, 2.05) is 5.38 Å². The van der Waals surface area contributed by atoms with Gasteiger partial charge in [0.2, 0.25) is 0 Å². The molecule has 1 aromatic carbocycles. The van der Waals surface area contributed by atoms with Gasteiger partial charge in [-0.25, -0.2) is 14.1 Å². The molecule has 2 fully saturated rings. The highest BCUT2D eigenvalue weighted by molar-refractivity contribution is 7.12. The zero-order valence-corrected chi connectivity index (χ0v) is 14.5. The molecule has 2 aliphatic heterocycles. The fourth-order valence-corrected chi connectivity index (χ4v) is 4.08. The molecule has 2 unspecified atom stereocenters. The molecule has 4 amide bonds. The summed E-state index contributed by atoms with van der Waals surface area (Å²) in [6, 6.07) is 7.72. The standard InChI is InChI=1S/C18H16FN3O3S/c19-11-3-1-4-13(9-11)22-17(24)14-10-12(6-7-21(14)18(22)25)20-16(23)15-5-2-8-26-15/h1-5,8-9,12,14H,6-7,10H2,(H,20,23). The number of thiophene rings is 1. The summed E-state index contributed by atoms with van der Waals surface area (Å²) >= 11 is 1.35. The fraction of sp³-hybridized carbons (Fsp3) is 0.278. The number of urea groups is 1. The van der Waals surface area contributed by atoms with Crippen molar-refractivity contribution >= 4 is 34.9 Å². The van der Waals surface area contributed by atoms with Crippen molar-refractivity contribution in [2.24, 2.45) is 0 Å². The van der Waals surface area contributed by atoms with E-state index < -0.39 is 17.9 Å². The topological polar surface area (TPSA) is 69.7 Å². The number of piperidine rings is 1. The normalized spacial score (nSPS) is 22.5. The highest BCUT2D eigenvalue weighted by Crippen LogP contribution is 2.31. The summed E-state index contributed by atoms with van der Waals surface area (Å²) < 4.78 is 13.5. The highest BCUT2D eigenvalue weighted by atomic mass is 32.1. The van der Waals surface area contributed by atoms with Gasteiger partial charge in [-0.2, -0.15) is 0 Å². The first-order valence-corrected chi connectivity index (χ1v) is 9.17. The van der Waals surface area contributed by atoms with Gasteiger partial charge in [0.25, 0.3) is 11.8 Å². The lowest BCUT2D eigenvalue weighted by molar-refractivity contribution is -0.120. The molecule has 0 spiro atoms. The van der Waals surface area contributed by atoms with Crippen LogP contribution in [0.5, 0.6) is 0 Å². The van der Waals surface area contributed by atoms with E-state index in [2.05, 4.69) is 5.32 Å². The molecule has 2 atom stereocenters. The number of nitrogens with one attached hydrogen (secondary N) is 1. The molecule has 0 saturated carbocycles. The van der Waals surface area contributed by atoms with Gasteiger partial charge in [-0.05, 0) is 42.5 Å². The van der Waals surface area contributed by atoms with Crippen LogP contribution in [0, 0.1) is 5.82 Å². The smallest absolute Gasteiger partial charge is 0.332 e. The number of amides is 4. The van der Waals surface area contributed by atoms with Gasteiger partial charge in [0.1, 0.15) is 11.9 Å². The van der Waals surface area contributed by atoms with Crippen LogP contribution in [-0.2, 0) is 4.79 Å². The summed E-state index contributed by atoms with van der Waals surface area (Å²) in [5.74, 6) is -1.05. The van der Waals surface area contributed by atoms with E-state index in [1.54, 1.807) is 12.1 Å². The Labute approximate surface area is 153 Å². The molecule has 0 radical (unpaired) electrons. The molecule has 1 N–H and O–H groups in total. The Balaban J connectivity index is 1.50. The molecule has 26 heavy (non-hydrogen) atoms. The first-order valence-electron chi connectivity index (χ1n) is 8.29. The van der Waals surface area contributed by atoms with Crippen molar-refractivity contribution in [1.29, 1.82) is 0 Å². The molecule has 4 rings (SSSR count). The predicted octanol–water partition coefficient (Wildman–Crippen LogP) is 2.62. The second-order valence-electron chi connectivity index (χ2n) is 6.32. The number of benzene rings is 1. The third kappa shape index (κ3) is 2.86. The van der Waals surface area contributed by atoms with Crippen LogP contribution < -0.4 is 10.2 Å². The molecule has 6 nitrogen and oxygen atoms in total. The van der Waals surface area contributed by atoms with Crippen LogP contribution in [0.15, 0.2) is 41.8 Å². The van der Waals surface area contributed by atoms with Crippen molar-refractivity contribution in [3.05, 3.63) is 52.5 Å². The molecule has 0 bridgehead atoms. The largest absolute Gasteiger partial charge is 0.348 e. The van der Waals surface area contributed by atoms with Crippen molar-refractivity contribution in [2.45, 2.75) is 24.9 Å². The van der Waals surface area contributed by atoms with Crippen LogP contribution in [0.4, 0.5) is 14.9 Å². The maximum Gasteiger partial charge on any atom is 0.332 e. The number of hydrogen-bond acceptors (Lipinski definition) is 4. The van der Waals surface area contributed by atoms with Gasteiger partial charge in [0.05, 0.1) is 10.6 Å². The molecule has 1 aromatic heterocycles. The third-order valence-electron chi connectivity index (χ3n) is 4.69. The average Bonchev–Trinajstić information content (AvgIpc) is 3.23. The Kier molecular flexibility index (Phi) is 4.20. The number of hydrogen-bond donors (Lipinski definition) is 1. The van der Waals surface area contributed by atoms with Gasteiger partial charge in [-0.1, -0.05) is 12.1 Å². The van der Waals surface area contributed by atoms with Gasteiger partial charge < -0.3 is 10.2 Å². The van der Waals surface area contributed by atoms with Gasteiger partial charge in [0, 0.05) is 12.6 Å². The predicted molar refractivity (Wildman–Crippen MR) is 94.6 cm³/mol. The molecule has 2 saturated heterocycles. The first kappa shape index (κ1) is 16.7. The number of carbonyl (C=O) groups is 3. The molecular weight excluding hydrogens is 357 g/mol. The maximum absolute atomic E-state index is 13.5. The second kappa shape index (κ2) is 6.53. The monoisotopic (exact) mass is 373 g/mol. The number of nitrogens with zero attached hydrogens (tertiary/aromatic N) is 2. The fourth-order valence-electron chi connectivity index (χ4n) is 3.45. The van der Waals surface area contributed by atoms with E-state index in [4.69, 9.17) is 0 Å². The van der Waals surface area contributed by atoms with Gasteiger partial charge in [-0.3, -0.25) is 9.59 Å². The van der Waals surface area contributed by atoms with Crippen molar-refractivity contribution in [3.8, 4) is 0 Å². The molecule has 0 aliphatic carbocycles. The summed E-state index contributed by atoms with van der Waals surface area (Å²) in [5, 5.41) is 4.76. The first-order chi connectivity index (χ1) is 12.5. The summed E-state index contributed by atoms with van der Waals surface area (Å²) in [6.45, 7) is 0.371. The van der Waals surface area contributed by atoms with E-state index in [0.717, 1.165) is 4.90 Å². The number of halogens is 1. The quantitative estimate of drug-likeness (QED) is 0.841. The molecule has 2 aliphatic rings. The van der Waals surface area contributed by atoms with Crippen molar-refractivity contribution in [1.82, 2.24) is 10.2 Å². The lowest BCUT2D eigenvalue weighted by Gasteiger charge is -2.32. The van der Waals surface area contributed by atoms with E-state index in [0.29, 0.717) is 24.3 Å². The zero-order chi connectivity index (χ0) is 18.3. The lowest BCUT2D eigenvalue weighted by atomic mass is 9.98. The van der Waals surface area contributed by atoms with Crippen molar-refractivity contribution < 1.29 is 18.8 Å². The van der Waals surface area contributed by atoms with Crippen molar-refractivity contribution in [2.75, 3.05) is 11.4 Å². The zero-order valence-electron chi connectivity index (χ0n) is 13.7. The lowest BCUT2D eigenvalue weighted by Crippen LogP contribution is -2.49. The number of carbonyl (C=O) groups excluding carboxylic acids is 3. The summed E-state index contributed by atoms with van der Waals surface area (Å²) in [5.41, 5.74) is 0.230. The van der Waals surface area contributed by atoms with Gasteiger partial charge >= 0.3 is 6.03 Å². The highest BCUT2D eigenvalue weighted by Gasteiger charge is 2.48. The Morgan fingerprint density at radius 3 is 2.81 bits per heavy atom. The Hall–Kier alpha value is -2.74. The number of fused-ring (bicyclic) bond motifs is 1. The Morgan fingerprint density at radius 2 is 2.08 bits per heavy atom. The van der Waals surface area contributed by atoms with E-state index in [1.165, 1.54) is 40.5 Å². The summed E-state index contributed by atoms with van der Waals surface area (Å²) in [4.78, 5) is 40.7. The summed E-state index contributed by atoms with van der Waals surface area (Å²) in [6.07, 6.45) is 0.928. The van der Waals surface area contributed by atoms with E-state index in [-0.39, 0.29) is 23.5 Å². The maximum atomic E-state index is 13.5. The van der Waals surface area contributed by atoms with Crippen LogP contribution in [0.1, 0.15) is 22.5 Å². The molecular formula is C18H16FN3O3S. The minimum Gasteiger partial charge on any atom is -0.348 e. The van der Waals surface area contributed by atoms with Crippen LogP contribution in [0.25, 0.3) is 0 Å². The molecule has 3 heterocycles. The molecule has 134 valence electrons. The van der Waals surface area contributed by atoms with Crippen LogP contribution in [0.2, 0.25) is 0 Å².